The number of para-hydroxylation sites is 2. The van der Waals surface area contributed by atoms with Crippen molar-refractivity contribution in [1.82, 2.24) is 5.32 Å². The number of hydrogen-bond acceptors (Lipinski definition) is 4. The molecule has 0 bridgehead atoms. The number of nitrogens with two attached hydrogens (primary N) is 1. The number of alkyl carbamates (subject to hydrolysis) is 1. The lowest BCUT2D eigenvalue weighted by atomic mass is 9.91. The molecular formula is C17H27N3O2. The second kappa shape index (κ2) is 6.90. The van der Waals surface area contributed by atoms with Gasteiger partial charge in [-0.25, -0.2) is 4.79 Å². The number of carbonyl (C=O) groups is 1. The van der Waals surface area contributed by atoms with Gasteiger partial charge in [0.15, 0.2) is 0 Å². The molecule has 0 aromatic heterocycles. The van der Waals surface area contributed by atoms with E-state index in [0.717, 1.165) is 37.1 Å². The Balaban J connectivity index is 1.87. The van der Waals surface area contributed by atoms with Gasteiger partial charge in [0.05, 0.1) is 11.4 Å². The summed E-state index contributed by atoms with van der Waals surface area (Å²) >= 11 is 0. The third-order valence-corrected chi connectivity index (χ3v) is 3.72. The fourth-order valence-electron chi connectivity index (χ4n) is 2.77. The van der Waals surface area contributed by atoms with Gasteiger partial charge < -0.3 is 21.1 Å². The van der Waals surface area contributed by atoms with Crippen LogP contribution in [0.2, 0.25) is 0 Å². The van der Waals surface area contributed by atoms with E-state index in [9.17, 15) is 4.79 Å². The average Bonchev–Trinajstić information content (AvgIpc) is 2.39. The number of benzene rings is 1. The van der Waals surface area contributed by atoms with E-state index in [2.05, 4.69) is 10.6 Å². The van der Waals surface area contributed by atoms with Crippen molar-refractivity contribution in [3.05, 3.63) is 24.3 Å². The van der Waals surface area contributed by atoms with Gasteiger partial charge in [-0.3, -0.25) is 0 Å². The molecule has 2 atom stereocenters. The van der Waals surface area contributed by atoms with E-state index in [1.54, 1.807) is 0 Å². The summed E-state index contributed by atoms with van der Waals surface area (Å²) in [5.41, 5.74) is 7.22. The van der Waals surface area contributed by atoms with Gasteiger partial charge in [0.25, 0.3) is 0 Å². The predicted molar refractivity (Wildman–Crippen MR) is 89.9 cm³/mol. The maximum atomic E-state index is 11.9. The Morgan fingerprint density at radius 3 is 2.59 bits per heavy atom. The molecule has 1 fully saturated rings. The van der Waals surface area contributed by atoms with Gasteiger partial charge in [-0.15, -0.1) is 0 Å². The van der Waals surface area contributed by atoms with E-state index in [1.165, 1.54) is 0 Å². The van der Waals surface area contributed by atoms with E-state index >= 15 is 0 Å². The van der Waals surface area contributed by atoms with E-state index in [0.29, 0.717) is 6.04 Å². The molecule has 0 radical (unpaired) electrons. The normalized spacial score (nSPS) is 22.0. The van der Waals surface area contributed by atoms with Crippen LogP contribution in [0, 0.1) is 0 Å². The van der Waals surface area contributed by atoms with Crippen LogP contribution in [0.5, 0.6) is 0 Å². The Morgan fingerprint density at radius 2 is 1.91 bits per heavy atom. The summed E-state index contributed by atoms with van der Waals surface area (Å²) in [4.78, 5) is 11.9. The van der Waals surface area contributed by atoms with E-state index in [4.69, 9.17) is 10.5 Å². The Hall–Kier alpha value is -1.91. The molecule has 0 saturated heterocycles. The molecule has 22 heavy (non-hydrogen) atoms. The highest BCUT2D eigenvalue weighted by atomic mass is 16.6. The summed E-state index contributed by atoms with van der Waals surface area (Å²) in [7, 11) is 0. The van der Waals surface area contributed by atoms with Crippen molar-refractivity contribution in [1.29, 1.82) is 0 Å². The average molecular weight is 305 g/mol. The minimum Gasteiger partial charge on any atom is -0.444 e. The highest BCUT2D eigenvalue weighted by Gasteiger charge is 2.25. The number of carbonyl (C=O) groups excluding carboxylic acids is 1. The Labute approximate surface area is 132 Å². The van der Waals surface area contributed by atoms with E-state index in [1.807, 2.05) is 45.0 Å². The van der Waals surface area contributed by atoms with Gasteiger partial charge in [0, 0.05) is 12.1 Å². The zero-order valence-corrected chi connectivity index (χ0v) is 13.7. The minimum atomic E-state index is -0.463. The number of anilines is 2. The molecule has 5 heteroatoms. The van der Waals surface area contributed by atoms with Crippen LogP contribution >= 0.6 is 0 Å². The molecule has 0 aliphatic heterocycles. The maximum absolute atomic E-state index is 11.9. The van der Waals surface area contributed by atoms with Crippen LogP contribution < -0.4 is 16.4 Å². The molecule has 1 aliphatic carbocycles. The summed E-state index contributed by atoms with van der Waals surface area (Å²) in [6, 6.07) is 8.23. The van der Waals surface area contributed by atoms with Gasteiger partial charge >= 0.3 is 6.09 Å². The Bertz CT molecular complexity index is 511. The van der Waals surface area contributed by atoms with E-state index < -0.39 is 5.60 Å². The molecule has 1 aromatic carbocycles. The van der Waals surface area contributed by atoms with Crippen molar-refractivity contribution in [2.24, 2.45) is 0 Å². The summed E-state index contributed by atoms with van der Waals surface area (Å²) in [6.07, 6.45) is 3.69. The first-order valence-electron chi connectivity index (χ1n) is 7.94. The van der Waals surface area contributed by atoms with Gasteiger partial charge in [-0.2, -0.15) is 0 Å². The van der Waals surface area contributed by atoms with E-state index in [-0.39, 0.29) is 12.1 Å². The number of amides is 1. The molecule has 1 aliphatic rings. The van der Waals surface area contributed by atoms with Crippen molar-refractivity contribution >= 4 is 17.5 Å². The van der Waals surface area contributed by atoms with Crippen LogP contribution in [-0.4, -0.2) is 23.8 Å². The molecule has 1 aromatic rings. The van der Waals surface area contributed by atoms with Crippen LogP contribution in [-0.2, 0) is 4.74 Å². The Morgan fingerprint density at radius 1 is 1.23 bits per heavy atom. The van der Waals surface area contributed by atoms with Crippen molar-refractivity contribution in [3.63, 3.8) is 0 Å². The van der Waals surface area contributed by atoms with Gasteiger partial charge in [-0.05, 0) is 58.6 Å². The van der Waals surface area contributed by atoms with Crippen molar-refractivity contribution in [3.8, 4) is 0 Å². The summed E-state index contributed by atoms with van der Waals surface area (Å²) in [6.45, 7) is 5.61. The number of ether oxygens (including phenoxy) is 1. The Kier molecular flexibility index (Phi) is 5.16. The number of rotatable bonds is 3. The zero-order chi connectivity index (χ0) is 16.2. The monoisotopic (exact) mass is 305 g/mol. The molecular weight excluding hydrogens is 278 g/mol. The maximum Gasteiger partial charge on any atom is 0.407 e. The molecule has 0 unspecified atom stereocenters. The largest absolute Gasteiger partial charge is 0.444 e. The first kappa shape index (κ1) is 16.5. The molecule has 4 N–H and O–H groups in total. The number of hydrogen-bond donors (Lipinski definition) is 3. The smallest absolute Gasteiger partial charge is 0.407 e. The van der Waals surface area contributed by atoms with Crippen LogP contribution in [0.25, 0.3) is 0 Å². The second-order valence-corrected chi connectivity index (χ2v) is 6.94. The van der Waals surface area contributed by atoms with Gasteiger partial charge in [0.1, 0.15) is 5.60 Å². The first-order chi connectivity index (χ1) is 10.3. The zero-order valence-electron chi connectivity index (χ0n) is 13.7. The third kappa shape index (κ3) is 5.13. The lowest BCUT2D eigenvalue weighted by Gasteiger charge is -2.32. The summed E-state index contributed by atoms with van der Waals surface area (Å²) < 4.78 is 5.32. The molecule has 5 nitrogen and oxygen atoms in total. The second-order valence-electron chi connectivity index (χ2n) is 6.94. The highest BCUT2D eigenvalue weighted by molar-refractivity contribution is 5.68. The van der Waals surface area contributed by atoms with Gasteiger partial charge in [-0.1, -0.05) is 12.1 Å². The first-order valence-corrected chi connectivity index (χ1v) is 7.94. The minimum absolute atomic E-state index is 0.144. The fourth-order valence-corrected chi connectivity index (χ4v) is 2.77. The molecule has 2 rings (SSSR count). The number of nitrogen functional groups attached to an aromatic ring is 1. The van der Waals surface area contributed by atoms with Crippen molar-refractivity contribution in [2.45, 2.75) is 64.1 Å². The van der Waals surface area contributed by atoms with Crippen LogP contribution in [0.1, 0.15) is 46.5 Å². The topological polar surface area (TPSA) is 76.4 Å². The van der Waals surface area contributed by atoms with Crippen molar-refractivity contribution in [2.75, 3.05) is 11.1 Å². The van der Waals surface area contributed by atoms with Gasteiger partial charge in [0.2, 0.25) is 0 Å². The fraction of sp³-hybridized carbons (Fsp3) is 0.588. The van der Waals surface area contributed by atoms with Crippen LogP contribution in [0.3, 0.4) is 0 Å². The standard InChI is InChI=1S/C17H27N3O2/c1-17(2,3)22-16(21)20-13-8-6-7-12(11-13)19-15-10-5-4-9-14(15)18/h4-5,9-10,12-13,19H,6-8,11,18H2,1-3H3,(H,20,21)/t12-,13+/m0/s1. The van der Waals surface area contributed by atoms with Crippen LogP contribution in [0.4, 0.5) is 16.2 Å². The molecule has 122 valence electrons. The third-order valence-electron chi connectivity index (χ3n) is 3.72. The molecule has 0 spiro atoms. The predicted octanol–water partition coefficient (Wildman–Crippen LogP) is 3.52. The molecule has 1 amide bonds. The quantitative estimate of drug-likeness (QED) is 0.747. The lowest BCUT2D eigenvalue weighted by molar-refractivity contribution is 0.0492. The van der Waals surface area contributed by atoms with Crippen LogP contribution in [0.15, 0.2) is 24.3 Å². The number of nitrogens with one attached hydrogen (secondary N) is 2. The highest BCUT2D eigenvalue weighted by Crippen LogP contribution is 2.25. The summed E-state index contributed by atoms with van der Waals surface area (Å²) in [5.74, 6) is 0. The lowest BCUT2D eigenvalue weighted by Crippen LogP contribution is -2.43. The SMILES string of the molecule is CC(C)(C)OC(=O)N[C@@H]1CCC[C@H](Nc2ccccc2N)C1. The summed E-state index contributed by atoms with van der Waals surface area (Å²) in [5, 5.41) is 6.46. The van der Waals surface area contributed by atoms with Crippen molar-refractivity contribution < 1.29 is 9.53 Å². The molecule has 0 heterocycles. The molecule has 1 saturated carbocycles.